The topological polar surface area (TPSA) is 63.3 Å². The van der Waals surface area contributed by atoms with E-state index in [4.69, 9.17) is 9.47 Å². The van der Waals surface area contributed by atoms with Crippen LogP contribution in [0.2, 0.25) is 0 Å². The zero-order valence-electron chi connectivity index (χ0n) is 16.8. The highest BCUT2D eigenvalue weighted by Gasteiger charge is 2.16. The summed E-state index contributed by atoms with van der Waals surface area (Å²) >= 11 is 0. The second kappa shape index (κ2) is 7.92. The van der Waals surface area contributed by atoms with Crippen LogP contribution in [0, 0.1) is 26.6 Å². The zero-order valence-corrected chi connectivity index (χ0v) is 16.8. The van der Waals surface area contributed by atoms with Gasteiger partial charge in [-0.2, -0.15) is 0 Å². The fraction of sp³-hybridized carbons (Fsp3) is 0.318. The Morgan fingerprint density at radius 1 is 1.07 bits per heavy atom. The minimum Gasteiger partial charge on any atom is -0.493 e. The molecule has 0 radical (unpaired) electrons. The van der Waals surface area contributed by atoms with E-state index >= 15 is 0 Å². The number of hydrogen-bond donors (Lipinski definition) is 2. The van der Waals surface area contributed by atoms with E-state index in [9.17, 15) is 9.18 Å². The molecule has 148 valence electrons. The Morgan fingerprint density at radius 2 is 1.79 bits per heavy atom. The first kappa shape index (κ1) is 19.7. The first-order chi connectivity index (χ1) is 13.4. The molecule has 1 heterocycles. The van der Waals surface area contributed by atoms with Gasteiger partial charge >= 0.3 is 0 Å². The number of aromatic amines is 1. The van der Waals surface area contributed by atoms with Gasteiger partial charge in [0.15, 0.2) is 11.5 Å². The summed E-state index contributed by atoms with van der Waals surface area (Å²) in [5, 5.41) is 3.82. The molecule has 0 aliphatic rings. The Morgan fingerprint density at radius 3 is 2.46 bits per heavy atom. The lowest BCUT2D eigenvalue weighted by Crippen LogP contribution is -2.25. The van der Waals surface area contributed by atoms with Gasteiger partial charge in [-0.25, -0.2) is 4.39 Å². The van der Waals surface area contributed by atoms with Crippen LogP contribution < -0.4 is 14.8 Å². The molecule has 0 fully saturated rings. The molecule has 0 aliphatic carbocycles. The minimum atomic E-state index is -0.218. The van der Waals surface area contributed by atoms with E-state index in [1.54, 1.807) is 32.2 Å². The summed E-state index contributed by atoms with van der Waals surface area (Å²) in [7, 11) is 3.08. The number of nitrogens with one attached hydrogen (secondary N) is 2. The van der Waals surface area contributed by atoms with E-state index in [2.05, 4.69) is 10.3 Å². The van der Waals surface area contributed by atoms with Crippen LogP contribution in [0.1, 0.15) is 32.7 Å². The largest absolute Gasteiger partial charge is 0.493 e. The second-order valence-corrected chi connectivity index (χ2v) is 6.88. The molecule has 2 N–H and O–H groups in total. The second-order valence-electron chi connectivity index (χ2n) is 6.88. The molecule has 6 heteroatoms. The number of methoxy groups -OCH3 is 2. The molecule has 1 aromatic heterocycles. The molecule has 0 spiro atoms. The fourth-order valence-corrected chi connectivity index (χ4v) is 3.61. The van der Waals surface area contributed by atoms with Crippen molar-refractivity contribution in [3.05, 3.63) is 58.0 Å². The number of benzene rings is 2. The minimum absolute atomic E-state index is 0.197. The van der Waals surface area contributed by atoms with Gasteiger partial charge in [-0.15, -0.1) is 0 Å². The average molecular weight is 384 g/mol. The number of rotatable bonds is 6. The molecule has 5 nitrogen and oxygen atoms in total. The SMILES string of the molecule is COc1ccc(C(=O)NCCc2c(C)[nH]c3c(F)c(C)cc(C)c23)cc1OC. The van der Waals surface area contributed by atoms with E-state index in [1.165, 1.54) is 7.11 Å². The third-order valence-corrected chi connectivity index (χ3v) is 5.02. The number of halogens is 1. The summed E-state index contributed by atoms with van der Waals surface area (Å²) in [5.41, 5.74) is 4.63. The van der Waals surface area contributed by atoms with Crippen molar-refractivity contribution in [1.29, 1.82) is 0 Å². The molecule has 2 aromatic carbocycles. The Labute approximate surface area is 163 Å². The van der Waals surface area contributed by atoms with Gasteiger partial charge in [-0.05, 0) is 62.1 Å². The van der Waals surface area contributed by atoms with Gasteiger partial charge in [-0.1, -0.05) is 6.07 Å². The molecular weight excluding hydrogens is 359 g/mol. The summed E-state index contributed by atoms with van der Waals surface area (Å²) in [4.78, 5) is 15.6. The van der Waals surface area contributed by atoms with Crippen molar-refractivity contribution in [2.24, 2.45) is 0 Å². The Bertz CT molecular complexity index is 1040. The molecule has 0 bridgehead atoms. The number of ether oxygens (including phenoxy) is 2. The van der Waals surface area contributed by atoms with Crippen molar-refractivity contribution >= 4 is 16.8 Å². The van der Waals surface area contributed by atoms with Crippen molar-refractivity contribution in [3.8, 4) is 11.5 Å². The van der Waals surface area contributed by atoms with Crippen LogP contribution in [-0.4, -0.2) is 31.7 Å². The van der Waals surface area contributed by atoms with Crippen LogP contribution in [-0.2, 0) is 6.42 Å². The highest BCUT2D eigenvalue weighted by molar-refractivity contribution is 5.95. The third-order valence-electron chi connectivity index (χ3n) is 5.02. The molecule has 0 saturated heterocycles. The van der Waals surface area contributed by atoms with E-state index in [0.29, 0.717) is 41.1 Å². The number of H-pyrrole nitrogens is 1. The zero-order chi connectivity index (χ0) is 20.4. The first-order valence-corrected chi connectivity index (χ1v) is 9.14. The summed E-state index contributed by atoms with van der Waals surface area (Å²) in [6.45, 7) is 6.12. The van der Waals surface area contributed by atoms with Crippen LogP contribution in [0.4, 0.5) is 4.39 Å². The maximum absolute atomic E-state index is 14.5. The van der Waals surface area contributed by atoms with Crippen molar-refractivity contribution in [3.63, 3.8) is 0 Å². The number of fused-ring (bicyclic) bond motifs is 1. The standard InChI is InChI=1S/C22H25FN2O3/c1-12-10-13(2)20(23)21-19(12)16(14(3)25-21)8-9-24-22(26)15-6-7-17(27-4)18(11-15)28-5/h6-7,10-11,25H,8-9H2,1-5H3,(H,24,26). The number of carbonyl (C=O) groups excluding carboxylic acids is 1. The molecule has 0 saturated carbocycles. The maximum Gasteiger partial charge on any atom is 0.251 e. The first-order valence-electron chi connectivity index (χ1n) is 9.14. The number of hydrogen-bond acceptors (Lipinski definition) is 3. The maximum atomic E-state index is 14.5. The van der Waals surface area contributed by atoms with E-state index in [1.807, 2.05) is 19.9 Å². The molecule has 0 unspecified atom stereocenters. The van der Waals surface area contributed by atoms with Crippen LogP contribution in [0.15, 0.2) is 24.3 Å². The van der Waals surface area contributed by atoms with Gasteiger partial charge in [0, 0.05) is 23.2 Å². The summed E-state index contributed by atoms with van der Waals surface area (Å²) in [6.07, 6.45) is 0.605. The van der Waals surface area contributed by atoms with Gasteiger partial charge in [-0.3, -0.25) is 4.79 Å². The lowest BCUT2D eigenvalue weighted by atomic mass is 10.0. The molecular formula is C22H25FN2O3. The molecule has 0 atom stereocenters. The smallest absolute Gasteiger partial charge is 0.251 e. The molecule has 3 aromatic rings. The summed E-state index contributed by atoms with van der Waals surface area (Å²) in [5.74, 6) is 0.659. The third kappa shape index (κ3) is 3.54. The van der Waals surface area contributed by atoms with Gasteiger partial charge in [0.2, 0.25) is 0 Å². The highest BCUT2D eigenvalue weighted by atomic mass is 19.1. The van der Waals surface area contributed by atoms with Crippen LogP contribution >= 0.6 is 0 Å². The monoisotopic (exact) mass is 384 g/mol. The molecule has 3 rings (SSSR count). The van der Waals surface area contributed by atoms with Crippen molar-refractivity contribution in [1.82, 2.24) is 10.3 Å². The van der Waals surface area contributed by atoms with Crippen LogP contribution in [0.5, 0.6) is 11.5 Å². The summed E-state index contributed by atoms with van der Waals surface area (Å²) in [6, 6.07) is 6.89. The lowest BCUT2D eigenvalue weighted by Gasteiger charge is -2.10. The van der Waals surface area contributed by atoms with Crippen molar-refractivity contribution in [2.75, 3.05) is 20.8 Å². The number of carbonyl (C=O) groups is 1. The van der Waals surface area contributed by atoms with Crippen molar-refractivity contribution in [2.45, 2.75) is 27.2 Å². The van der Waals surface area contributed by atoms with Gasteiger partial charge < -0.3 is 19.8 Å². The Balaban J connectivity index is 1.76. The van der Waals surface area contributed by atoms with Gasteiger partial charge in [0.1, 0.15) is 5.82 Å². The van der Waals surface area contributed by atoms with Gasteiger partial charge in [0.25, 0.3) is 5.91 Å². The molecule has 0 aliphatic heterocycles. The quantitative estimate of drug-likeness (QED) is 0.669. The number of amides is 1. The predicted molar refractivity (Wildman–Crippen MR) is 108 cm³/mol. The average Bonchev–Trinajstić information content (AvgIpc) is 3.02. The Kier molecular flexibility index (Phi) is 5.58. The highest BCUT2D eigenvalue weighted by Crippen LogP contribution is 2.30. The van der Waals surface area contributed by atoms with E-state index in [-0.39, 0.29) is 11.7 Å². The number of aromatic nitrogens is 1. The Hall–Kier alpha value is -3.02. The van der Waals surface area contributed by atoms with Crippen LogP contribution in [0.25, 0.3) is 10.9 Å². The normalized spacial score (nSPS) is 10.9. The van der Waals surface area contributed by atoms with E-state index in [0.717, 1.165) is 22.2 Å². The molecule has 28 heavy (non-hydrogen) atoms. The van der Waals surface area contributed by atoms with Gasteiger partial charge in [0.05, 0.1) is 19.7 Å². The predicted octanol–water partition coefficient (Wildman–Crippen LogP) is 4.22. The summed E-state index contributed by atoms with van der Waals surface area (Å²) < 4.78 is 24.9. The van der Waals surface area contributed by atoms with Crippen molar-refractivity contribution < 1.29 is 18.7 Å². The van der Waals surface area contributed by atoms with E-state index < -0.39 is 0 Å². The lowest BCUT2D eigenvalue weighted by molar-refractivity contribution is 0.0953. The fourth-order valence-electron chi connectivity index (χ4n) is 3.61. The van der Waals surface area contributed by atoms with Crippen LogP contribution in [0.3, 0.4) is 0 Å². The number of aryl methyl sites for hydroxylation is 3. The molecule has 1 amide bonds.